The van der Waals surface area contributed by atoms with Crippen molar-refractivity contribution in [1.29, 1.82) is 0 Å². The Morgan fingerprint density at radius 2 is 2.21 bits per heavy atom. The highest BCUT2D eigenvalue weighted by Crippen LogP contribution is 2.37. The Labute approximate surface area is 118 Å². The van der Waals surface area contributed by atoms with Gasteiger partial charge in [-0.05, 0) is 37.1 Å². The first-order valence-electron chi connectivity index (χ1n) is 6.31. The summed E-state index contributed by atoms with van der Waals surface area (Å²) >= 11 is 6.23. The van der Waals surface area contributed by atoms with Gasteiger partial charge in [-0.3, -0.25) is 0 Å². The maximum Gasteiger partial charge on any atom is 0.136 e. The number of hydrogen-bond acceptors (Lipinski definition) is 3. The second-order valence-electron chi connectivity index (χ2n) is 4.96. The lowest BCUT2D eigenvalue weighted by Crippen LogP contribution is -2.47. The molecule has 2 rings (SSSR count). The normalized spacial score (nSPS) is 17.5. The molecule has 1 aliphatic heterocycles. The molecule has 4 nitrogen and oxygen atoms in total. The number of benzene rings is 1. The van der Waals surface area contributed by atoms with E-state index in [4.69, 9.17) is 16.3 Å². The summed E-state index contributed by atoms with van der Waals surface area (Å²) in [6.07, 6.45) is 1.75. The molecule has 5 heteroatoms. The topological polar surface area (TPSA) is 45.1 Å². The van der Waals surface area contributed by atoms with E-state index in [1.807, 2.05) is 31.9 Å². The summed E-state index contributed by atoms with van der Waals surface area (Å²) in [5.41, 5.74) is 1.62. The standard InChI is InChI=1S/C14H19ClN2O2/c1-4-17(3)9-16-13-5-10(2)11(6-12(13)15)14(18)7-19-8-14/h5-6,9,18H,4,7-8H2,1-3H3. The summed E-state index contributed by atoms with van der Waals surface area (Å²) in [4.78, 5) is 6.33. The fourth-order valence-corrected chi connectivity index (χ4v) is 2.17. The first kappa shape index (κ1) is 14.3. The van der Waals surface area contributed by atoms with Crippen molar-refractivity contribution in [3.63, 3.8) is 0 Å². The van der Waals surface area contributed by atoms with Crippen molar-refractivity contribution in [3.05, 3.63) is 28.3 Å². The van der Waals surface area contributed by atoms with Crippen LogP contribution in [0.4, 0.5) is 5.69 Å². The van der Waals surface area contributed by atoms with Crippen molar-refractivity contribution < 1.29 is 9.84 Å². The molecule has 1 N–H and O–H groups in total. The zero-order valence-corrected chi connectivity index (χ0v) is 12.2. The molecular weight excluding hydrogens is 264 g/mol. The molecule has 104 valence electrons. The first-order chi connectivity index (χ1) is 8.96. The lowest BCUT2D eigenvalue weighted by molar-refractivity contribution is -0.184. The predicted molar refractivity (Wildman–Crippen MR) is 77.4 cm³/mol. The summed E-state index contributed by atoms with van der Waals surface area (Å²) in [5.74, 6) is 0. The highest BCUT2D eigenvalue weighted by molar-refractivity contribution is 6.33. The summed E-state index contributed by atoms with van der Waals surface area (Å²) in [5, 5.41) is 10.8. The molecule has 0 atom stereocenters. The fourth-order valence-electron chi connectivity index (χ4n) is 1.96. The van der Waals surface area contributed by atoms with Crippen molar-refractivity contribution >= 4 is 23.6 Å². The quantitative estimate of drug-likeness (QED) is 0.682. The molecule has 0 aromatic heterocycles. The third-order valence-electron chi connectivity index (χ3n) is 3.37. The van der Waals surface area contributed by atoms with E-state index in [-0.39, 0.29) is 0 Å². The lowest BCUT2D eigenvalue weighted by Gasteiger charge is -2.37. The van der Waals surface area contributed by atoms with Gasteiger partial charge in [0.25, 0.3) is 0 Å². The van der Waals surface area contributed by atoms with Gasteiger partial charge in [0.05, 0.1) is 30.3 Å². The Balaban J connectivity index is 2.29. The molecule has 19 heavy (non-hydrogen) atoms. The summed E-state index contributed by atoms with van der Waals surface area (Å²) in [6.45, 7) is 5.53. The number of aliphatic hydroxyl groups is 1. The van der Waals surface area contributed by atoms with E-state index in [1.165, 1.54) is 0 Å². The van der Waals surface area contributed by atoms with Gasteiger partial charge < -0.3 is 14.7 Å². The van der Waals surface area contributed by atoms with Crippen LogP contribution < -0.4 is 0 Å². The molecule has 0 aliphatic carbocycles. The van der Waals surface area contributed by atoms with Gasteiger partial charge in [0.15, 0.2) is 0 Å². The maximum absolute atomic E-state index is 10.3. The van der Waals surface area contributed by atoms with Gasteiger partial charge in [-0.1, -0.05) is 11.6 Å². The maximum atomic E-state index is 10.3. The van der Waals surface area contributed by atoms with Crippen molar-refractivity contribution in [2.75, 3.05) is 26.8 Å². The monoisotopic (exact) mass is 282 g/mol. The van der Waals surface area contributed by atoms with Crippen molar-refractivity contribution in [2.24, 2.45) is 4.99 Å². The van der Waals surface area contributed by atoms with Crippen molar-refractivity contribution in [3.8, 4) is 0 Å². The van der Waals surface area contributed by atoms with E-state index < -0.39 is 5.60 Å². The molecule has 1 aliphatic rings. The predicted octanol–water partition coefficient (Wildman–Crippen LogP) is 2.48. The van der Waals surface area contributed by atoms with Crippen LogP contribution >= 0.6 is 11.6 Å². The van der Waals surface area contributed by atoms with E-state index >= 15 is 0 Å². The van der Waals surface area contributed by atoms with Crippen LogP contribution in [-0.4, -0.2) is 43.2 Å². The smallest absolute Gasteiger partial charge is 0.136 e. The van der Waals surface area contributed by atoms with E-state index in [1.54, 1.807) is 12.4 Å². The third-order valence-corrected chi connectivity index (χ3v) is 3.67. The van der Waals surface area contributed by atoms with Gasteiger partial charge in [0.1, 0.15) is 5.60 Å². The molecule has 1 aromatic carbocycles. The number of rotatable bonds is 4. The number of halogens is 1. The van der Waals surface area contributed by atoms with Gasteiger partial charge >= 0.3 is 0 Å². The highest BCUT2D eigenvalue weighted by atomic mass is 35.5. The fraction of sp³-hybridized carbons (Fsp3) is 0.500. The third kappa shape index (κ3) is 2.91. The zero-order valence-electron chi connectivity index (χ0n) is 11.5. The second kappa shape index (κ2) is 5.49. The van der Waals surface area contributed by atoms with Crippen LogP contribution in [-0.2, 0) is 10.3 Å². The Morgan fingerprint density at radius 3 is 2.74 bits per heavy atom. The Morgan fingerprint density at radius 1 is 1.53 bits per heavy atom. The van der Waals surface area contributed by atoms with Gasteiger partial charge in [0, 0.05) is 13.6 Å². The SMILES string of the molecule is CCN(C)C=Nc1cc(C)c(C2(O)COC2)cc1Cl. The minimum Gasteiger partial charge on any atom is -0.380 e. The van der Waals surface area contributed by atoms with Crippen LogP contribution in [0.3, 0.4) is 0 Å². The Kier molecular flexibility index (Phi) is 4.13. The minimum atomic E-state index is -0.893. The van der Waals surface area contributed by atoms with Crippen LogP contribution in [0.5, 0.6) is 0 Å². The molecule has 0 spiro atoms. The molecule has 0 radical (unpaired) electrons. The average Bonchev–Trinajstić information content (AvgIpc) is 2.36. The van der Waals surface area contributed by atoms with E-state index in [0.29, 0.717) is 23.9 Å². The molecule has 0 saturated carbocycles. The van der Waals surface area contributed by atoms with Gasteiger partial charge in [0.2, 0.25) is 0 Å². The Hall–Kier alpha value is -1.10. The van der Waals surface area contributed by atoms with Crippen molar-refractivity contribution in [1.82, 2.24) is 4.90 Å². The van der Waals surface area contributed by atoms with Gasteiger partial charge in [-0.25, -0.2) is 4.99 Å². The number of aliphatic imine (C=N–C) groups is 1. The molecule has 1 fully saturated rings. The lowest BCUT2D eigenvalue weighted by atomic mass is 9.88. The largest absolute Gasteiger partial charge is 0.380 e. The molecule has 1 saturated heterocycles. The zero-order chi connectivity index (χ0) is 14.0. The first-order valence-corrected chi connectivity index (χ1v) is 6.69. The number of hydrogen-bond donors (Lipinski definition) is 1. The van der Waals surface area contributed by atoms with Crippen LogP contribution in [0, 0.1) is 6.92 Å². The molecule has 1 heterocycles. The van der Waals surface area contributed by atoms with Crippen molar-refractivity contribution in [2.45, 2.75) is 19.4 Å². The number of nitrogens with zero attached hydrogens (tertiary/aromatic N) is 2. The van der Waals surface area contributed by atoms with Crippen LogP contribution in [0.2, 0.25) is 5.02 Å². The van der Waals surface area contributed by atoms with E-state index in [9.17, 15) is 5.11 Å². The number of aryl methyl sites for hydroxylation is 1. The number of ether oxygens (including phenoxy) is 1. The molecule has 1 aromatic rings. The average molecular weight is 283 g/mol. The van der Waals surface area contributed by atoms with Crippen LogP contribution in [0.15, 0.2) is 17.1 Å². The van der Waals surface area contributed by atoms with E-state index in [2.05, 4.69) is 4.99 Å². The van der Waals surface area contributed by atoms with Crippen LogP contribution in [0.25, 0.3) is 0 Å². The summed E-state index contributed by atoms with van der Waals surface area (Å²) < 4.78 is 5.08. The van der Waals surface area contributed by atoms with Crippen LogP contribution in [0.1, 0.15) is 18.1 Å². The van der Waals surface area contributed by atoms with Gasteiger partial charge in [-0.2, -0.15) is 0 Å². The molecule has 0 amide bonds. The molecular formula is C14H19ClN2O2. The molecule has 0 unspecified atom stereocenters. The summed E-state index contributed by atoms with van der Waals surface area (Å²) in [7, 11) is 1.95. The second-order valence-corrected chi connectivity index (χ2v) is 5.37. The van der Waals surface area contributed by atoms with Gasteiger partial charge in [-0.15, -0.1) is 0 Å². The molecule has 0 bridgehead atoms. The minimum absolute atomic E-state index is 0.325. The highest BCUT2D eigenvalue weighted by Gasteiger charge is 2.39. The van der Waals surface area contributed by atoms with E-state index in [0.717, 1.165) is 17.7 Å². The summed E-state index contributed by atoms with van der Waals surface area (Å²) in [6, 6.07) is 3.69. The Bertz CT molecular complexity index is 498.